The summed E-state index contributed by atoms with van der Waals surface area (Å²) in [5, 5.41) is 3.58. The van der Waals surface area contributed by atoms with Crippen LogP contribution in [0.25, 0.3) is 0 Å². The first-order valence-corrected chi connectivity index (χ1v) is 6.24. The summed E-state index contributed by atoms with van der Waals surface area (Å²) in [6.07, 6.45) is 1.44. The Kier molecular flexibility index (Phi) is 6.01. The smallest absolute Gasteiger partial charge is 0.220 e. The third kappa shape index (κ3) is 5.20. The Labute approximate surface area is 107 Å². The fourth-order valence-electron chi connectivity index (χ4n) is 1.53. The summed E-state index contributed by atoms with van der Waals surface area (Å²) >= 11 is 5.78. The molecule has 1 aromatic rings. The molecule has 0 bridgehead atoms. The zero-order chi connectivity index (χ0) is 12.7. The lowest BCUT2D eigenvalue weighted by Gasteiger charge is -2.12. The summed E-state index contributed by atoms with van der Waals surface area (Å²) in [5.74, 6) is 0.331. The van der Waals surface area contributed by atoms with Gasteiger partial charge in [0.25, 0.3) is 0 Å². The van der Waals surface area contributed by atoms with Gasteiger partial charge in [0.05, 0.1) is 0 Å². The van der Waals surface area contributed by atoms with Gasteiger partial charge in [0.15, 0.2) is 0 Å². The number of rotatable bonds is 6. The van der Waals surface area contributed by atoms with Gasteiger partial charge in [-0.1, -0.05) is 37.1 Å². The van der Waals surface area contributed by atoms with Crippen molar-refractivity contribution in [1.82, 2.24) is 5.32 Å². The second-order valence-corrected chi connectivity index (χ2v) is 4.55. The number of hydrogen-bond donors (Lipinski definition) is 2. The summed E-state index contributed by atoms with van der Waals surface area (Å²) in [7, 11) is 0. The highest BCUT2D eigenvalue weighted by molar-refractivity contribution is 6.30. The molecule has 1 amide bonds. The molecular formula is C13H19ClN2O. The normalized spacial score (nSPS) is 12.2. The number of hydrogen-bond acceptors (Lipinski definition) is 2. The van der Waals surface area contributed by atoms with Gasteiger partial charge in [0.1, 0.15) is 0 Å². The largest absolute Gasteiger partial charge is 0.352 e. The number of nitrogens with one attached hydrogen (secondary N) is 1. The molecule has 0 aliphatic carbocycles. The van der Waals surface area contributed by atoms with E-state index in [0.717, 1.165) is 12.0 Å². The van der Waals surface area contributed by atoms with Crippen LogP contribution in [0, 0.1) is 5.92 Å². The molecule has 0 aliphatic heterocycles. The Morgan fingerprint density at radius 3 is 2.59 bits per heavy atom. The van der Waals surface area contributed by atoms with Crippen LogP contribution >= 0.6 is 11.6 Å². The molecule has 0 spiro atoms. The highest BCUT2D eigenvalue weighted by Crippen LogP contribution is 2.10. The molecule has 0 saturated heterocycles. The maximum atomic E-state index is 11.6. The second-order valence-electron chi connectivity index (χ2n) is 4.12. The number of carbonyl (C=O) groups excluding carboxylic acids is 1. The topological polar surface area (TPSA) is 55.1 Å². The van der Waals surface area contributed by atoms with Gasteiger partial charge in [-0.3, -0.25) is 4.79 Å². The molecular weight excluding hydrogens is 236 g/mol. The molecule has 0 aliphatic rings. The Balaban J connectivity index is 2.35. The monoisotopic (exact) mass is 254 g/mol. The van der Waals surface area contributed by atoms with Gasteiger partial charge in [-0.25, -0.2) is 0 Å². The standard InChI is InChI=1S/C13H19ClN2O/c1-2-10(8-15)7-13(17)16-9-11-3-5-12(14)6-4-11/h3-6,10H,2,7-9,15H2,1H3,(H,16,17). The predicted molar refractivity (Wildman–Crippen MR) is 70.8 cm³/mol. The molecule has 3 nitrogen and oxygen atoms in total. The fourth-order valence-corrected chi connectivity index (χ4v) is 1.66. The molecule has 0 radical (unpaired) electrons. The van der Waals surface area contributed by atoms with E-state index in [1.165, 1.54) is 0 Å². The van der Waals surface area contributed by atoms with E-state index in [2.05, 4.69) is 5.32 Å². The van der Waals surface area contributed by atoms with Crippen LogP contribution in [-0.4, -0.2) is 12.5 Å². The molecule has 1 atom stereocenters. The van der Waals surface area contributed by atoms with Crippen LogP contribution < -0.4 is 11.1 Å². The average Bonchev–Trinajstić information content (AvgIpc) is 2.35. The Hall–Kier alpha value is -1.06. The zero-order valence-electron chi connectivity index (χ0n) is 10.1. The van der Waals surface area contributed by atoms with E-state index in [0.29, 0.717) is 24.5 Å². The number of benzene rings is 1. The molecule has 0 saturated carbocycles. The van der Waals surface area contributed by atoms with E-state index in [-0.39, 0.29) is 11.8 Å². The fraction of sp³-hybridized carbons (Fsp3) is 0.462. The number of halogens is 1. The van der Waals surface area contributed by atoms with Gasteiger partial charge in [-0.05, 0) is 30.2 Å². The van der Waals surface area contributed by atoms with E-state index < -0.39 is 0 Å². The third-order valence-corrected chi connectivity index (χ3v) is 3.04. The number of carbonyl (C=O) groups is 1. The van der Waals surface area contributed by atoms with Crippen molar-refractivity contribution >= 4 is 17.5 Å². The minimum Gasteiger partial charge on any atom is -0.352 e. The van der Waals surface area contributed by atoms with Crippen molar-refractivity contribution in [3.05, 3.63) is 34.9 Å². The van der Waals surface area contributed by atoms with Crippen LogP contribution in [0.3, 0.4) is 0 Å². The number of nitrogens with two attached hydrogens (primary N) is 1. The first-order chi connectivity index (χ1) is 8.15. The predicted octanol–water partition coefficient (Wildman–Crippen LogP) is 2.33. The molecule has 94 valence electrons. The van der Waals surface area contributed by atoms with Crippen LogP contribution in [0.15, 0.2) is 24.3 Å². The second kappa shape index (κ2) is 7.30. The quantitative estimate of drug-likeness (QED) is 0.819. The molecule has 17 heavy (non-hydrogen) atoms. The minimum atomic E-state index is 0.0530. The van der Waals surface area contributed by atoms with E-state index >= 15 is 0 Å². The lowest BCUT2D eigenvalue weighted by molar-refractivity contribution is -0.122. The average molecular weight is 255 g/mol. The van der Waals surface area contributed by atoms with Crippen LogP contribution in [-0.2, 0) is 11.3 Å². The van der Waals surface area contributed by atoms with Crippen molar-refractivity contribution in [2.45, 2.75) is 26.3 Å². The molecule has 0 fully saturated rings. The van der Waals surface area contributed by atoms with Gasteiger partial charge in [-0.2, -0.15) is 0 Å². The van der Waals surface area contributed by atoms with Gasteiger partial charge in [-0.15, -0.1) is 0 Å². The van der Waals surface area contributed by atoms with Crippen molar-refractivity contribution in [2.24, 2.45) is 11.7 Å². The Morgan fingerprint density at radius 2 is 2.06 bits per heavy atom. The van der Waals surface area contributed by atoms with Crippen molar-refractivity contribution in [3.8, 4) is 0 Å². The van der Waals surface area contributed by atoms with Crippen molar-refractivity contribution in [3.63, 3.8) is 0 Å². The first-order valence-electron chi connectivity index (χ1n) is 5.87. The third-order valence-electron chi connectivity index (χ3n) is 2.79. The first kappa shape index (κ1) is 14.0. The van der Waals surface area contributed by atoms with E-state index in [1.807, 2.05) is 31.2 Å². The van der Waals surface area contributed by atoms with Crippen molar-refractivity contribution < 1.29 is 4.79 Å². The molecule has 0 aromatic heterocycles. The van der Waals surface area contributed by atoms with Crippen LogP contribution in [0.4, 0.5) is 0 Å². The van der Waals surface area contributed by atoms with Gasteiger partial charge in [0.2, 0.25) is 5.91 Å². The van der Waals surface area contributed by atoms with Crippen molar-refractivity contribution in [1.29, 1.82) is 0 Å². The molecule has 3 N–H and O–H groups in total. The maximum absolute atomic E-state index is 11.6. The Bertz CT molecular complexity index is 347. The highest BCUT2D eigenvalue weighted by Gasteiger charge is 2.09. The summed E-state index contributed by atoms with van der Waals surface area (Å²) in [5.41, 5.74) is 6.61. The van der Waals surface area contributed by atoms with E-state index in [4.69, 9.17) is 17.3 Å². The summed E-state index contributed by atoms with van der Waals surface area (Å²) < 4.78 is 0. The SMILES string of the molecule is CCC(CN)CC(=O)NCc1ccc(Cl)cc1. The lowest BCUT2D eigenvalue weighted by Crippen LogP contribution is -2.27. The van der Waals surface area contributed by atoms with Crippen LogP contribution in [0.2, 0.25) is 5.02 Å². The lowest BCUT2D eigenvalue weighted by atomic mass is 10.0. The van der Waals surface area contributed by atoms with Gasteiger partial charge < -0.3 is 11.1 Å². The summed E-state index contributed by atoms with van der Waals surface area (Å²) in [6.45, 7) is 3.14. The molecule has 0 heterocycles. The molecule has 1 aromatic carbocycles. The van der Waals surface area contributed by atoms with Crippen LogP contribution in [0.5, 0.6) is 0 Å². The van der Waals surface area contributed by atoms with Crippen molar-refractivity contribution in [2.75, 3.05) is 6.54 Å². The maximum Gasteiger partial charge on any atom is 0.220 e. The summed E-state index contributed by atoms with van der Waals surface area (Å²) in [6, 6.07) is 7.45. The number of amides is 1. The van der Waals surface area contributed by atoms with Crippen LogP contribution in [0.1, 0.15) is 25.3 Å². The minimum absolute atomic E-state index is 0.0530. The summed E-state index contributed by atoms with van der Waals surface area (Å²) in [4.78, 5) is 11.6. The van der Waals surface area contributed by atoms with Gasteiger partial charge in [0, 0.05) is 18.0 Å². The highest BCUT2D eigenvalue weighted by atomic mass is 35.5. The van der Waals surface area contributed by atoms with Gasteiger partial charge >= 0.3 is 0 Å². The molecule has 4 heteroatoms. The molecule has 1 rings (SSSR count). The van der Waals surface area contributed by atoms with E-state index in [9.17, 15) is 4.79 Å². The zero-order valence-corrected chi connectivity index (χ0v) is 10.8. The molecule has 1 unspecified atom stereocenters. The Morgan fingerprint density at radius 1 is 1.41 bits per heavy atom. The van der Waals surface area contributed by atoms with E-state index in [1.54, 1.807) is 0 Å².